The molecular formula is C54H77ClN12O25. The van der Waals surface area contributed by atoms with E-state index in [0.717, 1.165) is 4.90 Å². The zero-order chi connectivity index (χ0) is 67.2. The van der Waals surface area contributed by atoms with E-state index < -0.39 is 240 Å². The standard InChI is InChI=1S/C54H77ClN12O25/c1-18(20-4-6-21(55)7-5-20)31-47(85)61-23(10-19-2-8-22(9-3-19)88-51-43(82)40(79)44(29(17-71)91-51)92-52-42(81)39(78)37(76)28(16-70)90-52)46(84)65-32(34(73)24-11-59-53(56)63-24)49(87)66-33(48(86)62-25(14-68)45(83)58-13-30(72)64-31)35(74)26-12-60-54(57)67(26)50-41(80)38(77)36(75)27(15-69)89-50/h2-9,18,23-29,31-44,50-52,68-71,73-82H,10-17H2,1H3,(H2,57,60)(H,58,83)(H,61,85)(H,62,86)(H,64,72)(H,65,84)(H,66,87)(H3,56,59,63). The molecule has 6 amide bonds. The second-order valence-electron chi connectivity index (χ2n) is 22.8. The summed E-state index contributed by atoms with van der Waals surface area (Å²) in [5.74, 6) is -9.51. The van der Waals surface area contributed by atoms with Gasteiger partial charge in [0, 0.05) is 30.5 Å². The molecule has 25 N–H and O–H groups in total. The molecule has 2 aromatic carbocycles. The number of hydrogen-bond donors (Lipinski definition) is 25. The Morgan fingerprint density at radius 2 is 1.13 bits per heavy atom. The summed E-state index contributed by atoms with van der Waals surface area (Å²) in [5.41, 5.74) is 0.610. The molecule has 25 atom stereocenters. The maximum atomic E-state index is 15.1. The van der Waals surface area contributed by atoms with E-state index in [4.69, 9.17) is 46.1 Å². The summed E-state index contributed by atoms with van der Waals surface area (Å²) in [6.07, 6.45) is -32.0. The van der Waals surface area contributed by atoms with Crippen LogP contribution in [-0.4, -0.2) is 316 Å². The van der Waals surface area contributed by atoms with Crippen LogP contribution in [0.5, 0.6) is 5.75 Å². The van der Waals surface area contributed by atoms with Crippen molar-refractivity contribution in [3.63, 3.8) is 0 Å². The number of amides is 6. The number of aliphatic hydroxyl groups excluding tert-OH is 14. The van der Waals surface area contributed by atoms with Crippen LogP contribution in [-0.2, 0) is 54.1 Å². The fourth-order valence-corrected chi connectivity index (χ4v) is 11.4. The van der Waals surface area contributed by atoms with Crippen LogP contribution in [0.4, 0.5) is 0 Å². The van der Waals surface area contributed by atoms with E-state index >= 15 is 9.59 Å². The third-order valence-electron chi connectivity index (χ3n) is 16.7. The van der Waals surface area contributed by atoms with Gasteiger partial charge in [0.05, 0.1) is 45.1 Å². The molecule has 0 saturated carbocycles. The number of halogens is 1. The normalized spacial score (nSPS) is 37.3. The van der Waals surface area contributed by atoms with Gasteiger partial charge in [-0.25, -0.2) is 0 Å². The number of nitrogens with one attached hydrogen (secondary N) is 11. The summed E-state index contributed by atoms with van der Waals surface area (Å²) in [4.78, 5) is 88.0. The molecule has 2 aromatic rings. The topological polar surface area (TPSA) is 591 Å². The van der Waals surface area contributed by atoms with Gasteiger partial charge in [0.15, 0.2) is 24.4 Å². The molecule has 0 bridgehead atoms. The van der Waals surface area contributed by atoms with Gasteiger partial charge in [-0.3, -0.25) is 39.6 Å². The molecule has 6 aliphatic rings. The van der Waals surface area contributed by atoms with E-state index in [1.807, 2.05) is 0 Å². The van der Waals surface area contributed by atoms with Crippen LogP contribution in [0.2, 0.25) is 5.02 Å². The first-order chi connectivity index (χ1) is 43.7. The van der Waals surface area contributed by atoms with Crippen LogP contribution < -0.4 is 52.6 Å². The Morgan fingerprint density at radius 1 is 0.565 bits per heavy atom. The van der Waals surface area contributed by atoms with E-state index in [-0.39, 0.29) is 23.8 Å². The van der Waals surface area contributed by atoms with E-state index in [1.165, 1.54) is 43.3 Å². The monoisotopic (exact) mass is 1330 g/mol. The smallest absolute Gasteiger partial charge is 0.246 e. The lowest BCUT2D eigenvalue weighted by Gasteiger charge is -2.46. The van der Waals surface area contributed by atoms with Gasteiger partial charge < -0.3 is 148 Å². The Hall–Kier alpha value is -6.83. The Morgan fingerprint density at radius 3 is 1.75 bits per heavy atom. The van der Waals surface area contributed by atoms with Crippen molar-refractivity contribution in [1.29, 1.82) is 10.8 Å². The van der Waals surface area contributed by atoms with Crippen molar-refractivity contribution in [1.82, 2.24) is 52.8 Å². The number of carbonyl (C=O) groups is 6. The highest BCUT2D eigenvalue weighted by molar-refractivity contribution is 6.30. The maximum absolute atomic E-state index is 15.1. The van der Waals surface area contributed by atoms with Gasteiger partial charge in [0.1, 0.15) is 121 Å². The highest BCUT2D eigenvalue weighted by atomic mass is 35.5. The van der Waals surface area contributed by atoms with Gasteiger partial charge in [-0.2, -0.15) is 0 Å². The number of guanidine groups is 2. The average Bonchev–Trinajstić information content (AvgIpc) is 1.45. The van der Waals surface area contributed by atoms with Crippen LogP contribution in [0.1, 0.15) is 24.0 Å². The summed E-state index contributed by atoms with van der Waals surface area (Å²) >= 11 is 6.18. The van der Waals surface area contributed by atoms with Crippen LogP contribution in [0.3, 0.4) is 0 Å². The number of ether oxygens (including phenoxy) is 5. The Labute approximate surface area is 527 Å². The molecule has 510 valence electrons. The Kier molecular flexibility index (Phi) is 23.9. The number of hydrogen-bond acceptors (Lipinski definition) is 27. The molecule has 38 heteroatoms. The third kappa shape index (κ3) is 15.9. The van der Waals surface area contributed by atoms with Crippen molar-refractivity contribution >= 4 is 59.0 Å². The van der Waals surface area contributed by atoms with Crippen LogP contribution in [0.15, 0.2) is 48.5 Å². The zero-order valence-electron chi connectivity index (χ0n) is 48.8. The Bertz CT molecular complexity index is 2930. The zero-order valence-corrected chi connectivity index (χ0v) is 49.5. The first-order valence-corrected chi connectivity index (χ1v) is 29.4. The molecule has 6 heterocycles. The number of nitrogens with zero attached hydrogens (tertiary/aromatic N) is 1. The minimum absolute atomic E-state index is 0.0874. The molecule has 37 nitrogen and oxygen atoms in total. The number of rotatable bonds is 17. The van der Waals surface area contributed by atoms with Crippen molar-refractivity contribution in [2.24, 2.45) is 0 Å². The molecule has 0 aliphatic carbocycles. The lowest BCUT2D eigenvalue weighted by molar-refractivity contribution is -0.352. The van der Waals surface area contributed by atoms with Crippen molar-refractivity contribution < 1.29 is 124 Å². The van der Waals surface area contributed by atoms with Crippen molar-refractivity contribution in [3.05, 3.63) is 64.7 Å². The molecule has 0 radical (unpaired) electrons. The van der Waals surface area contributed by atoms with Crippen LogP contribution in [0.25, 0.3) is 0 Å². The van der Waals surface area contributed by atoms with E-state index in [2.05, 4.69) is 47.9 Å². The number of aliphatic hydroxyl groups is 14. The quantitative estimate of drug-likeness (QED) is 0.0699. The molecular weight excluding hydrogens is 1250 g/mol. The summed E-state index contributed by atoms with van der Waals surface area (Å²) in [5, 5.41) is 190. The van der Waals surface area contributed by atoms with Gasteiger partial charge in [-0.15, -0.1) is 0 Å². The van der Waals surface area contributed by atoms with Crippen molar-refractivity contribution in [2.75, 3.05) is 46.1 Å². The van der Waals surface area contributed by atoms with Gasteiger partial charge >= 0.3 is 0 Å². The first-order valence-electron chi connectivity index (χ1n) is 29.1. The van der Waals surface area contributed by atoms with Gasteiger partial charge in [-0.1, -0.05) is 42.8 Å². The maximum Gasteiger partial charge on any atom is 0.246 e. The summed E-state index contributed by atoms with van der Waals surface area (Å²) < 4.78 is 28.2. The van der Waals surface area contributed by atoms with Crippen molar-refractivity contribution in [3.8, 4) is 5.75 Å². The highest BCUT2D eigenvalue weighted by Gasteiger charge is 2.54. The molecule has 6 saturated heterocycles. The van der Waals surface area contributed by atoms with Crippen molar-refractivity contribution in [2.45, 2.75) is 166 Å². The summed E-state index contributed by atoms with van der Waals surface area (Å²) in [6.45, 7) is -3.98. The molecule has 0 spiro atoms. The molecule has 92 heavy (non-hydrogen) atoms. The molecule has 6 aliphatic heterocycles. The van der Waals surface area contributed by atoms with E-state index in [1.54, 1.807) is 12.1 Å². The average molecular weight is 1330 g/mol. The predicted octanol–water partition coefficient (Wildman–Crippen LogP) is -12.5. The largest absolute Gasteiger partial charge is 0.462 e. The minimum atomic E-state index is -2.37. The number of carbonyl (C=O) groups excluding carboxylic acids is 6. The van der Waals surface area contributed by atoms with Crippen LogP contribution in [0, 0.1) is 10.8 Å². The Balaban J connectivity index is 1.11. The molecule has 0 aromatic heterocycles. The second-order valence-corrected chi connectivity index (χ2v) is 23.2. The highest BCUT2D eigenvalue weighted by Crippen LogP contribution is 2.32. The summed E-state index contributed by atoms with van der Waals surface area (Å²) in [6, 6.07) is -1.63. The fraction of sp³-hybridized carbons (Fsp3) is 0.630. The SMILES string of the molecule is CC(c1ccc(Cl)cc1)C1NC(=O)CNC(=O)C(CO)NC(=O)C(C(O)C2CNC(=N)N2C2OC(CO)C(O)C(O)C2O)NC(=O)C(C(O)C2CNC(=N)N2)NC(=O)C(Cc2ccc(OC3OC(CO)C(OC4OC(CO)C(O)C(O)C4O)C(O)C3O)cc2)NC1=O. The van der Waals surface area contributed by atoms with E-state index in [0.29, 0.717) is 10.6 Å². The fourth-order valence-electron chi connectivity index (χ4n) is 11.3. The minimum Gasteiger partial charge on any atom is -0.462 e. The van der Waals surface area contributed by atoms with Crippen LogP contribution >= 0.6 is 11.6 Å². The van der Waals surface area contributed by atoms with Gasteiger partial charge in [0.25, 0.3) is 0 Å². The van der Waals surface area contributed by atoms with Gasteiger partial charge in [0.2, 0.25) is 41.7 Å². The number of benzene rings is 2. The second kappa shape index (κ2) is 30.9. The summed E-state index contributed by atoms with van der Waals surface area (Å²) in [7, 11) is 0. The first kappa shape index (κ1) is 71.0. The lowest BCUT2D eigenvalue weighted by Crippen LogP contribution is -2.69. The van der Waals surface area contributed by atoms with Gasteiger partial charge in [-0.05, 0) is 35.4 Å². The molecule has 8 rings (SSSR count). The third-order valence-corrected chi connectivity index (χ3v) is 16.9. The lowest BCUT2D eigenvalue weighted by atomic mass is 9.92. The molecule has 6 fully saturated rings. The molecule has 25 unspecified atom stereocenters. The predicted molar refractivity (Wildman–Crippen MR) is 307 cm³/mol. The van der Waals surface area contributed by atoms with E-state index in [9.17, 15) is 90.7 Å².